The van der Waals surface area contributed by atoms with Gasteiger partial charge in [0.25, 0.3) is 0 Å². The molecule has 1 spiro atoms. The van der Waals surface area contributed by atoms with Crippen LogP contribution in [0.2, 0.25) is 0 Å². The topological polar surface area (TPSA) is 126 Å². The van der Waals surface area contributed by atoms with Gasteiger partial charge < -0.3 is 34.9 Å². The van der Waals surface area contributed by atoms with Crippen molar-refractivity contribution < 1.29 is 33.7 Å². The van der Waals surface area contributed by atoms with E-state index >= 15 is 0 Å². The van der Waals surface area contributed by atoms with Crippen LogP contribution in [0.25, 0.3) is 0 Å². The number of aromatic hydroxyl groups is 1. The fourth-order valence-corrected chi connectivity index (χ4v) is 6.87. The van der Waals surface area contributed by atoms with Gasteiger partial charge in [0.2, 0.25) is 12.3 Å². The molecule has 10 heteroatoms. The number of ether oxygens (including phenoxy) is 3. The van der Waals surface area contributed by atoms with Gasteiger partial charge in [0.15, 0.2) is 5.60 Å². The van der Waals surface area contributed by atoms with Crippen LogP contribution < -0.4 is 15.4 Å². The molecule has 3 heterocycles. The molecule has 268 valence electrons. The van der Waals surface area contributed by atoms with Crippen molar-refractivity contribution in [3.05, 3.63) is 112 Å². The lowest BCUT2D eigenvalue weighted by Gasteiger charge is -2.36. The molecule has 2 amide bonds. The predicted octanol–water partition coefficient (Wildman–Crippen LogP) is 7.43. The number of nitrogens with one attached hydrogen (secondary N) is 2. The summed E-state index contributed by atoms with van der Waals surface area (Å²) in [6, 6.07) is 22.4. The third-order valence-corrected chi connectivity index (χ3v) is 9.70. The zero-order valence-corrected chi connectivity index (χ0v) is 30.4. The third kappa shape index (κ3) is 7.42. The van der Waals surface area contributed by atoms with Crippen molar-refractivity contribution in [1.29, 1.82) is 0 Å². The number of nitrogens with zero attached hydrogens (tertiary/aromatic N) is 1. The van der Waals surface area contributed by atoms with E-state index in [9.17, 15) is 19.5 Å². The van der Waals surface area contributed by atoms with Gasteiger partial charge >= 0.3 is 5.97 Å². The SMILES string of the molecule is CC(=O)N1CCOCC1.CCC(C)(C)c1c(C)cc(C)cc1O.CNc1ccc2c(c1)Oc1cc(NC=O)ccc1C21OC(=O)c2ccccc21. The Balaban J connectivity index is 0.000000182. The first kappa shape index (κ1) is 36.9. The Morgan fingerprint density at radius 2 is 1.57 bits per heavy atom. The van der Waals surface area contributed by atoms with Gasteiger partial charge in [-0.1, -0.05) is 45.0 Å². The molecule has 1 atom stereocenters. The summed E-state index contributed by atoms with van der Waals surface area (Å²) < 4.78 is 17.3. The highest BCUT2D eigenvalue weighted by molar-refractivity contribution is 5.97. The van der Waals surface area contributed by atoms with Crippen LogP contribution in [0, 0.1) is 13.8 Å². The van der Waals surface area contributed by atoms with Crippen LogP contribution in [0.1, 0.15) is 77.9 Å². The van der Waals surface area contributed by atoms with Crippen LogP contribution in [0.3, 0.4) is 0 Å². The second-order valence-electron chi connectivity index (χ2n) is 13.5. The van der Waals surface area contributed by atoms with E-state index in [0.717, 1.165) is 47.5 Å². The van der Waals surface area contributed by atoms with Gasteiger partial charge in [-0.15, -0.1) is 0 Å². The summed E-state index contributed by atoms with van der Waals surface area (Å²) in [7, 11) is 1.82. The average molecular weight is 694 g/mol. The number of amides is 2. The molecule has 4 aromatic carbocycles. The van der Waals surface area contributed by atoms with Crippen LogP contribution in [0.4, 0.5) is 11.4 Å². The highest BCUT2D eigenvalue weighted by atomic mass is 16.6. The lowest BCUT2D eigenvalue weighted by molar-refractivity contribution is -0.132. The zero-order valence-electron chi connectivity index (χ0n) is 30.4. The quantitative estimate of drug-likeness (QED) is 0.146. The Morgan fingerprint density at radius 1 is 0.941 bits per heavy atom. The smallest absolute Gasteiger partial charge is 0.340 e. The molecule has 1 fully saturated rings. The number of aryl methyl sites for hydroxylation is 2. The summed E-state index contributed by atoms with van der Waals surface area (Å²) in [5, 5.41) is 15.7. The van der Waals surface area contributed by atoms with E-state index in [1.54, 1.807) is 30.0 Å². The maximum atomic E-state index is 12.7. The molecule has 51 heavy (non-hydrogen) atoms. The number of hydrogen-bond donors (Lipinski definition) is 3. The van der Waals surface area contributed by atoms with E-state index in [4.69, 9.17) is 14.2 Å². The van der Waals surface area contributed by atoms with E-state index in [2.05, 4.69) is 44.4 Å². The summed E-state index contributed by atoms with van der Waals surface area (Å²) in [6.07, 6.45) is 1.64. The summed E-state index contributed by atoms with van der Waals surface area (Å²) in [5.74, 6) is 1.33. The first-order valence-corrected chi connectivity index (χ1v) is 17.2. The number of benzene rings is 4. The minimum absolute atomic E-state index is 0.0574. The Morgan fingerprint density at radius 3 is 2.14 bits per heavy atom. The van der Waals surface area contributed by atoms with Gasteiger partial charge in [0, 0.05) is 72.8 Å². The second kappa shape index (κ2) is 15.3. The van der Waals surface area contributed by atoms with Crippen molar-refractivity contribution >= 4 is 29.7 Å². The molecule has 0 aliphatic carbocycles. The Hall–Kier alpha value is -5.35. The number of hydrogen-bond acceptors (Lipinski definition) is 8. The number of morpholine rings is 1. The molecule has 10 nitrogen and oxygen atoms in total. The van der Waals surface area contributed by atoms with Gasteiger partial charge in [0.1, 0.15) is 17.2 Å². The number of anilines is 2. The largest absolute Gasteiger partial charge is 0.508 e. The van der Waals surface area contributed by atoms with Crippen LogP contribution in [0.15, 0.2) is 72.8 Å². The zero-order chi connectivity index (χ0) is 36.9. The van der Waals surface area contributed by atoms with Gasteiger partial charge in [0.05, 0.1) is 18.8 Å². The van der Waals surface area contributed by atoms with Gasteiger partial charge in [-0.3, -0.25) is 9.59 Å². The van der Waals surface area contributed by atoms with E-state index in [1.165, 1.54) is 5.56 Å². The maximum absolute atomic E-state index is 12.7. The first-order chi connectivity index (χ1) is 24.4. The average Bonchev–Trinajstić information content (AvgIpc) is 3.40. The predicted molar refractivity (Wildman–Crippen MR) is 198 cm³/mol. The lowest BCUT2D eigenvalue weighted by atomic mass is 9.77. The molecule has 1 unspecified atom stereocenters. The summed E-state index contributed by atoms with van der Waals surface area (Å²) in [5.41, 5.74) is 6.61. The standard InChI is InChI=1S/C22H16N2O4.C13H20O.C6H11NO2/c1-23-13-6-8-17-19(10-13)27-20-11-14(24-12-25)7-9-18(20)22(17)16-5-3-2-4-15(16)21(26)28-22;1-6-13(4,5)12-10(3)7-9(2)8-11(12)14;1-6(8)7-2-4-9-5-3-7/h2-12,23H,1H3,(H,24,25);7-8,14H,6H2,1-5H3;2-5H2,1H3. The van der Waals surface area contributed by atoms with E-state index in [0.29, 0.717) is 53.7 Å². The highest BCUT2D eigenvalue weighted by Crippen LogP contribution is 2.56. The van der Waals surface area contributed by atoms with Crippen molar-refractivity contribution in [2.24, 2.45) is 0 Å². The molecule has 0 bridgehead atoms. The Kier molecular flexibility index (Phi) is 11.1. The van der Waals surface area contributed by atoms with Crippen LogP contribution >= 0.6 is 0 Å². The second-order valence-corrected chi connectivity index (χ2v) is 13.5. The fourth-order valence-electron chi connectivity index (χ4n) is 6.87. The molecule has 0 radical (unpaired) electrons. The fraction of sp³-hybridized carbons (Fsp3) is 0.341. The minimum Gasteiger partial charge on any atom is -0.508 e. The molecular weight excluding hydrogens is 646 g/mol. The molecule has 3 aliphatic rings. The minimum atomic E-state index is -1.09. The normalized spacial score (nSPS) is 16.8. The highest BCUT2D eigenvalue weighted by Gasteiger charge is 2.53. The molecule has 1 saturated heterocycles. The number of fused-ring (bicyclic) bond motifs is 6. The van der Waals surface area contributed by atoms with Crippen molar-refractivity contribution in [3.63, 3.8) is 0 Å². The molecule has 0 aromatic heterocycles. The van der Waals surface area contributed by atoms with E-state index in [-0.39, 0.29) is 17.3 Å². The Labute approximate surface area is 299 Å². The van der Waals surface area contributed by atoms with Gasteiger partial charge in [-0.25, -0.2) is 4.79 Å². The summed E-state index contributed by atoms with van der Waals surface area (Å²) >= 11 is 0. The van der Waals surface area contributed by atoms with Gasteiger partial charge in [-0.2, -0.15) is 0 Å². The third-order valence-electron chi connectivity index (χ3n) is 9.70. The van der Waals surface area contributed by atoms with Crippen LogP contribution in [-0.4, -0.2) is 61.6 Å². The summed E-state index contributed by atoms with van der Waals surface area (Å²) in [6.45, 7) is 15.1. The van der Waals surface area contributed by atoms with E-state index < -0.39 is 5.60 Å². The molecular formula is C41H47N3O7. The number of esters is 1. The van der Waals surface area contributed by atoms with Crippen molar-refractivity contribution in [2.45, 2.75) is 59.0 Å². The van der Waals surface area contributed by atoms with Crippen LogP contribution in [-0.2, 0) is 30.1 Å². The molecule has 7 rings (SSSR count). The number of carbonyl (C=O) groups is 3. The molecule has 3 N–H and O–H groups in total. The number of phenols is 1. The molecule has 3 aliphatic heterocycles. The lowest BCUT2D eigenvalue weighted by Crippen LogP contribution is -2.39. The summed E-state index contributed by atoms with van der Waals surface area (Å²) in [4.78, 5) is 36.0. The molecule has 4 aromatic rings. The number of phenolic OH excluding ortho intramolecular Hbond substituents is 1. The van der Waals surface area contributed by atoms with Crippen LogP contribution in [0.5, 0.6) is 17.2 Å². The number of carbonyl (C=O) groups excluding carboxylic acids is 3. The van der Waals surface area contributed by atoms with Crippen molar-refractivity contribution in [1.82, 2.24) is 4.90 Å². The van der Waals surface area contributed by atoms with E-state index in [1.807, 2.05) is 62.5 Å². The van der Waals surface area contributed by atoms with Crippen molar-refractivity contribution in [2.75, 3.05) is 44.0 Å². The first-order valence-electron chi connectivity index (χ1n) is 17.2. The monoisotopic (exact) mass is 693 g/mol. The molecule has 0 saturated carbocycles. The Bertz CT molecular complexity index is 1910. The van der Waals surface area contributed by atoms with Crippen molar-refractivity contribution in [3.8, 4) is 17.2 Å². The maximum Gasteiger partial charge on any atom is 0.340 e. The number of rotatable bonds is 5. The van der Waals surface area contributed by atoms with Gasteiger partial charge in [-0.05, 0) is 73.2 Å².